The number of carboxylic acid groups (broad SMARTS) is 3. The monoisotopic (exact) mass is 470 g/mol. The molecule has 7 nitrogen and oxygen atoms in total. The molecule has 0 aromatic rings. The van der Waals surface area contributed by atoms with Crippen LogP contribution in [0.3, 0.4) is 0 Å². The van der Waals surface area contributed by atoms with E-state index in [0.717, 1.165) is 38.5 Å². The van der Waals surface area contributed by atoms with Crippen LogP contribution >= 0.6 is 0 Å². The number of hydrogen-bond donors (Lipinski definition) is 3. The van der Waals surface area contributed by atoms with E-state index in [-0.39, 0.29) is 24.1 Å². The van der Waals surface area contributed by atoms with Gasteiger partial charge in [-0.25, -0.2) is 0 Å². The number of carbonyl (C=O) groups is 3. The van der Waals surface area contributed by atoms with Crippen LogP contribution < -0.4 is 0 Å². The zero-order valence-corrected chi connectivity index (χ0v) is 21.3. The number of nitrogens with zero attached hydrogens (tertiary/aromatic N) is 1. The maximum atomic E-state index is 11.5. The minimum Gasteiger partial charge on any atom is -0.481 e. The van der Waals surface area contributed by atoms with Crippen LogP contribution in [-0.2, 0) is 14.4 Å². The number of quaternary nitrogens is 1. The van der Waals surface area contributed by atoms with Gasteiger partial charge in [-0.05, 0) is 52.9 Å². The van der Waals surface area contributed by atoms with Crippen molar-refractivity contribution in [3.8, 4) is 0 Å². The highest BCUT2D eigenvalue weighted by molar-refractivity contribution is 5.70. The van der Waals surface area contributed by atoms with E-state index < -0.39 is 35.7 Å². The molecule has 0 spiro atoms. The molecule has 0 saturated carbocycles. The summed E-state index contributed by atoms with van der Waals surface area (Å²) in [6, 6.07) is 0. The van der Waals surface area contributed by atoms with E-state index in [1.54, 1.807) is 20.8 Å². The summed E-state index contributed by atoms with van der Waals surface area (Å²) in [5, 5.41) is 28.4. The summed E-state index contributed by atoms with van der Waals surface area (Å²) >= 11 is 0. The normalized spacial score (nSPS) is 16.2. The van der Waals surface area contributed by atoms with Crippen LogP contribution in [0.5, 0.6) is 0 Å². The highest BCUT2D eigenvalue weighted by atomic mass is 16.4. The minimum atomic E-state index is -0.936. The lowest BCUT2D eigenvalue weighted by Gasteiger charge is -2.42. The van der Waals surface area contributed by atoms with E-state index in [4.69, 9.17) is 0 Å². The molecule has 0 aliphatic rings. The molecule has 0 saturated heterocycles. The van der Waals surface area contributed by atoms with Gasteiger partial charge in [0, 0.05) is 0 Å². The molecule has 0 rings (SSSR count). The molecule has 3 atom stereocenters. The Hall–Kier alpha value is -1.89. The Balaban J connectivity index is 4.82. The second kappa shape index (κ2) is 17.6. The summed E-state index contributed by atoms with van der Waals surface area (Å²) in [5.74, 6) is -4.81. The second-order valence-corrected chi connectivity index (χ2v) is 9.83. The van der Waals surface area contributed by atoms with Crippen LogP contribution in [0.4, 0.5) is 0 Å². The van der Waals surface area contributed by atoms with Crippen molar-refractivity contribution >= 4 is 17.9 Å². The first-order valence-corrected chi connectivity index (χ1v) is 12.7. The summed E-state index contributed by atoms with van der Waals surface area (Å²) in [4.78, 5) is 34.6. The van der Waals surface area contributed by atoms with Crippen LogP contribution in [-0.4, -0.2) is 63.9 Å². The van der Waals surface area contributed by atoms with Crippen molar-refractivity contribution < 1.29 is 34.2 Å². The molecule has 33 heavy (non-hydrogen) atoms. The van der Waals surface area contributed by atoms with Crippen LogP contribution in [0.15, 0.2) is 12.2 Å². The van der Waals surface area contributed by atoms with E-state index in [9.17, 15) is 29.7 Å². The van der Waals surface area contributed by atoms with Gasteiger partial charge in [0.1, 0.15) is 17.8 Å². The van der Waals surface area contributed by atoms with Gasteiger partial charge in [0.2, 0.25) is 0 Å². The van der Waals surface area contributed by atoms with Gasteiger partial charge in [0.25, 0.3) is 0 Å². The van der Waals surface area contributed by atoms with Gasteiger partial charge in [-0.15, -0.1) is 0 Å². The fourth-order valence-corrected chi connectivity index (χ4v) is 4.53. The van der Waals surface area contributed by atoms with Crippen LogP contribution in [0.2, 0.25) is 0 Å². The molecule has 0 bridgehead atoms. The third-order valence-corrected chi connectivity index (χ3v) is 6.40. The number of aliphatic carboxylic acids is 3. The van der Waals surface area contributed by atoms with E-state index >= 15 is 0 Å². The van der Waals surface area contributed by atoms with Crippen molar-refractivity contribution in [3.63, 3.8) is 0 Å². The predicted molar refractivity (Wildman–Crippen MR) is 131 cm³/mol. The SMILES string of the molecule is CC/C=C/CCCCCCCCCC[N+](CC(C)C(=O)O)(CC(C)C(=O)O)CC(C)C(=O)O. The first kappa shape index (κ1) is 31.1. The van der Waals surface area contributed by atoms with E-state index in [1.807, 2.05) is 0 Å². The van der Waals surface area contributed by atoms with Crippen molar-refractivity contribution in [3.05, 3.63) is 12.2 Å². The van der Waals surface area contributed by atoms with Crippen molar-refractivity contribution in [2.75, 3.05) is 26.2 Å². The molecule has 0 aromatic carbocycles. The highest BCUT2D eigenvalue weighted by Crippen LogP contribution is 2.22. The summed E-state index contributed by atoms with van der Waals surface area (Å²) in [5.41, 5.74) is 0. The van der Waals surface area contributed by atoms with Gasteiger partial charge in [-0.3, -0.25) is 14.4 Å². The molecule has 0 aliphatic carbocycles. The van der Waals surface area contributed by atoms with Gasteiger partial charge >= 0.3 is 17.9 Å². The average molecular weight is 471 g/mol. The molecule has 0 aliphatic heterocycles. The summed E-state index contributed by atoms with van der Waals surface area (Å²) in [7, 11) is 0. The largest absolute Gasteiger partial charge is 0.481 e. The zero-order valence-electron chi connectivity index (χ0n) is 21.3. The van der Waals surface area contributed by atoms with Crippen LogP contribution in [0, 0.1) is 17.8 Å². The smallest absolute Gasteiger partial charge is 0.311 e. The molecular formula is C26H48NO6+. The Morgan fingerprint density at radius 2 is 1.00 bits per heavy atom. The maximum Gasteiger partial charge on any atom is 0.311 e. The first-order valence-electron chi connectivity index (χ1n) is 12.7. The highest BCUT2D eigenvalue weighted by Gasteiger charge is 2.38. The lowest BCUT2D eigenvalue weighted by molar-refractivity contribution is -0.934. The second-order valence-electron chi connectivity index (χ2n) is 9.83. The Morgan fingerprint density at radius 1 is 0.636 bits per heavy atom. The Kier molecular flexibility index (Phi) is 16.6. The Bertz CT molecular complexity index is 549. The van der Waals surface area contributed by atoms with Crippen molar-refractivity contribution in [2.24, 2.45) is 17.8 Å². The summed E-state index contributed by atoms with van der Waals surface area (Å²) in [6.07, 6.45) is 15.7. The van der Waals surface area contributed by atoms with Gasteiger partial charge in [-0.1, -0.05) is 51.2 Å². The Labute approximate surface area is 200 Å². The standard InChI is InChI=1S/C26H47NO6/c1-5-6-7-8-9-10-11-12-13-14-15-16-17-27(18-21(2)24(28)29,19-22(3)25(30)31)20-23(4)26(32)33/h6-7,21-23H,5,8-20H2,1-4H3,(H2-,28,29,30,31,32,33)/p+1/b7-6+. The fraction of sp³-hybridized carbons (Fsp3) is 0.808. The average Bonchev–Trinajstić information content (AvgIpc) is 2.74. The predicted octanol–water partition coefficient (Wildman–Crippen LogP) is 5.44. The molecule has 0 aromatic heterocycles. The van der Waals surface area contributed by atoms with Crippen LogP contribution in [0.1, 0.15) is 91.9 Å². The van der Waals surface area contributed by atoms with Gasteiger partial charge in [0.15, 0.2) is 0 Å². The third-order valence-electron chi connectivity index (χ3n) is 6.40. The summed E-state index contributed by atoms with van der Waals surface area (Å²) < 4.78 is 0.222. The molecule has 3 N–H and O–H groups in total. The molecule has 3 unspecified atom stereocenters. The number of carboxylic acids is 3. The number of hydrogen-bond acceptors (Lipinski definition) is 3. The van der Waals surface area contributed by atoms with Gasteiger partial charge in [-0.2, -0.15) is 0 Å². The lowest BCUT2D eigenvalue weighted by Crippen LogP contribution is -2.57. The van der Waals surface area contributed by atoms with Crippen LogP contribution in [0.25, 0.3) is 0 Å². The molecular weight excluding hydrogens is 422 g/mol. The number of allylic oxidation sites excluding steroid dienone is 2. The third kappa shape index (κ3) is 14.8. The molecule has 0 heterocycles. The maximum absolute atomic E-state index is 11.5. The molecule has 7 heteroatoms. The van der Waals surface area contributed by atoms with Crippen molar-refractivity contribution in [2.45, 2.75) is 91.9 Å². The van der Waals surface area contributed by atoms with Crippen molar-refractivity contribution in [1.29, 1.82) is 0 Å². The Morgan fingerprint density at radius 3 is 1.36 bits per heavy atom. The summed E-state index contributed by atoms with van der Waals surface area (Å²) in [6.45, 7) is 8.34. The van der Waals surface area contributed by atoms with E-state index in [2.05, 4.69) is 19.1 Å². The first-order chi connectivity index (χ1) is 15.5. The van der Waals surface area contributed by atoms with Crippen molar-refractivity contribution in [1.82, 2.24) is 0 Å². The van der Waals surface area contributed by atoms with E-state index in [0.29, 0.717) is 6.54 Å². The van der Waals surface area contributed by atoms with Gasteiger partial charge < -0.3 is 19.8 Å². The molecule has 0 radical (unpaired) electrons. The minimum absolute atomic E-state index is 0.222. The molecule has 0 amide bonds. The lowest BCUT2D eigenvalue weighted by atomic mass is 10.00. The molecule has 0 fully saturated rings. The zero-order chi connectivity index (χ0) is 25.3. The fourth-order valence-electron chi connectivity index (χ4n) is 4.53. The van der Waals surface area contributed by atoms with Gasteiger partial charge in [0.05, 0.1) is 26.2 Å². The number of rotatable bonds is 21. The van der Waals surface area contributed by atoms with E-state index in [1.165, 1.54) is 25.7 Å². The molecule has 192 valence electrons. The quantitative estimate of drug-likeness (QED) is 0.117. The topological polar surface area (TPSA) is 112 Å². The number of unbranched alkanes of at least 4 members (excludes halogenated alkanes) is 8.